The SMILES string of the molecule is COc1ccccc1OC(C)CNC(=O)C1CCCC(N)C1.Cl. The van der Waals surface area contributed by atoms with Gasteiger partial charge >= 0.3 is 0 Å². The van der Waals surface area contributed by atoms with E-state index in [1.165, 1.54) is 0 Å². The van der Waals surface area contributed by atoms with Gasteiger partial charge in [0.2, 0.25) is 5.91 Å². The van der Waals surface area contributed by atoms with E-state index in [0.29, 0.717) is 18.0 Å². The first-order valence-corrected chi connectivity index (χ1v) is 7.93. The number of hydrogen-bond donors (Lipinski definition) is 2. The van der Waals surface area contributed by atoms with Crippen LogP contribution in [0.1, 0.15) is 32.6 Å². The van der Waals surface area contributed by atoms with Crippen LogP contribution in [0.3, 0.4) is 0 Å². The van der Waals surface area contributed by atoms with Crippen LogP contribution in [0.15, 0.2) is 24.3 Å². The first-order valence-electron chi connectivity index (χ1n) is 7.93. The molecule has 6 heteroatoms. The van der Waals surface area contributed by atoms with E-state index in [9.17, 15) is 4.79 Å². The van der Waals surface area contributed by atoms with Crippen molar-refractivity contribution in [3.63, 3.8) is 0 Å². The lowest BCUT2D eigenvalue weighted by Crippen LogP contribution is -2.41. The van der Waals surface area contributed by atoms with Gasteiger partial charge in [-0.3, -0.25) is 4.79 Å². The van der Waals surface area contributed by atoms with Crippen molar-refractivity contribution < 1.29 is 14.3 Å². The van der Waals surface area contributed by atoms with E-state index in [2.05, 4.69) is 5.32 Å². The van der Waals surface area contributed by atoms with Crippen LogP contribution >= 0.6 is 12.4 Å². The van der Waals surface area contributed by atoms with Gasteiger partial charge in [0.15, 0.2) is 11.5 Å². The number of benzene rings is 1. The molecular formula is C17H27ClN2O3. The Balaban J connectivity index is 0.00000264. The summed E-state index contributed by atoms with van der Waals surface area (Å²) in [6, 6.07) is 7.66. The molecule has 1 amide bonds. The third-order valence-electron chi connectivity index (χ3n) is 4.05. The van der Waals surface area contributed by atoms with Crippen LogP contribution in [0.25, 0.3) is 0 Å². The molecule has 0 aliphatic heterocycles. The quantitative estimate of drug-likeness (QED) is 0.833. The van der Waals surface area contributed by atoms with E-state index >= 15 is 0 Å². The zero-order valence-electron chi connectivity index (χ0n) is 13.8. The van der Waals surface area contributed by atoms with Crippen molar-refractivity contribution in [3.8, 4) is 11.5 Å². The van der Waals surface area contributed by atoms with Gasteiger partial charge in [0, 0.05) is 12.0 Å². The summed E-state index contributed by atoms with van der Waals surface area (Å²) in [5.74, 6) is 1.51. The van der Waals surface area contributed by atoms with E-state index in [1.54, 1.807) is 7.11 Å². The molecule has 0 saturated heterocycles. The lowest BCUT2D eigenvalue weighted by Gasteiger charge is -2.26. The lowest BCUT2D eigenvalue weighted by molar-refractivity contribution is -0.126. The normalized spacial score (nSPS) is 21.7. The van der Waals surface area contributed by atoms with Crippen molar-refractivity contribution in [2.45, 2.75) is 44.8 Å². The number of nitrogens with one attached hydrogen (secondary N) is 1. The smallest absolute Gasteiger partial charge is 0.223 e. The summed E-state index contributed by atoms with van der Waals surface area (Å²) in [5.41, 5.74) is 5.93. The van der Waals surface area contributed by atoms with Gasteiger partial charge in [-0.1, -0.05) is 18.6 Å². The second-order valence-electron chi connectivity index (χ2n) is 5.95. The molecule has 23 heavy (non-hydrogen) atoms. The van der Waals surface area contributed by atoms with Gasteiger partial charge in [-0.15, -0.1) is 12.4 Å². The Morgan fingerprint density at radius 3 is 2.70 bits per heavy atom. The van der Waals surface area contributed by atoms with Crippen molar-refractivity contribution in [1.29, 1.82) is 0 Å². The molecule has 1 aliphatic carbocycles. The Morgan fingerprint density at radius 2 is 2.04 bits per heavy atom. The van der Waals surface area contributed by atoms with Crippen LogP contribution in [0.4, 0.5) is 0 Å². The maximum atomic E-state index is 12.2. The molecule has 1 aromatic carbocycles. The maximum absolute atomic E-state index is 12.2. The average Bonchev–Trinajstić information content (AvgIpc) is 2.53. The standard InChI is InChI=1S/C17H26N2O3.ClH/c1-12(22-16-9-4-3-8-15(16)21-2)11-19-17(20)13-6-5-7-14(18)10-13;/h3-4,8-9,12-14H,5-7,10-11,18H2,1-2H3,(H,19,20);1H. The molecule has 0 aromatic heterocycles. The number of carbonyl (C=O) groups is 1. The molecule has 5 nitrogen and oxygen atoms in total. The number of amides is 1. The van der Waals surface area contributed by atoms with E-state index in [0.717, 1.165) is 25.7 Å². The predicted molar refractivity (Wildman–Crippen MR) is 93.3 cm³/mol. The first kappa shape index (κ1) is 19.6. The number of methoxy groups -OCH3 is 1. The second-order valence-corrected chi connectivity index (χ2v) is 5.95. The minimum Gasteiger partial charge on any atom is -0.493 e. The van der Waals surface area contributed by atoms with Crippen LogP contribution < -0.4 is 20.5 Å². The monoisotopic (exact) mass is 342 g/mol. The van der Waals surface area contributed by atoms with Gasteiger partial charge in [0.05, 0.1) is 13.7 Å². The van der Waals surface area contributed by atoms with E-state index < -0.39 is 0 Å². The summed E-state index contributed by atoms with van der Waals surface area (Å²) in [5, 5.41) is 2.97. The zero-order chi connectivity index (χ0) is 15.9. The van der Waals surface area contributed by atoms with Crippen molar-refractivity contribution in [2.75, 3.05) is 13.7 Å². The first-order chi connectivity index (χ1) is 10.6. The Bertz CT molecular complexity index is 498. The lowest BCUT2D eigenvalue weighted by atomic mass is 9.85. The summed E-state index contributed by atoms with van der Waals surface area (Å²) in [6.07, 6.45) is 3.65. The van der Waals surface area contributed by atoms with Crippen LogP contribution in [-0.2, 0) is 4.79 Å². The fourth-order valence-electron chi connectivity index (χ4n) is 2.83. The van der Waals surface area contributed by atoms with Gasteiger partial charge in [-0.2, -0.15) is 0 Å². The summed E-state index contributed by atoms with van der Waals surface area (Å²) >= 11 is 0. The second kappa shape index (κ2) is 9.63. The summed E-state index contributed by atoms with van der Waals surface area (Å²) < 4.78 is 11.1. The highest BCUT2D eigenvalue weighted by atomic mass is 35.5. The fraction of sp³-hybridized carbons (Fsp3) is 0.588. The number of halogens is 1. The molecule has 0 spiro atoms. The number of rotatable bonds is 6. The number of carbonyl (C=O) groups excluding carboxylic acids is 1. The topological polar surface area (TPSA) is 73.6 Å². The Morgan fingerprint density at radius 1 is 1.35 bits per heavy atom. The van der Waals surface area contributed by atoms with Gasteiger partial charge in [0.1, 0.15) is 6.10 Å². The molecule has 3 atom stereocenters. The molecule has 0 bridgehead atoms. The van der Waals surface area contributed by atoms with Crippen molar-refractivity contribution in [2.24, 2.45) is 11.7 Å². The molecule has 3 N–H and O–H groups in total. The Labute approximate surface area is 144 Å². The fourth-order valence-corrected chi connectivity index (χ4v) is 2.83. The van der Waals surface area contributed by atoms with Crippen LogP contribution in [0.5, 0.6) is 11.5 Å². The molecule has 1 saturated carbocycles. The largest absolute Gasteiger partial charge is 0.493 e. The van der Waals surface area contributed by atoms with Crippen molar-refractivity contribution in [3.05, 3.63) is 24.3 Å². The van der Waals surface area contributed by atoms with Gasteiger partial charge in [0.25, 0.3) is 0 Å². The molecule has 2 rings (SSSR count). The Hall–Kier alpha value is -1.46. The molecule has 0 heterocycles. The number of para-hydroxylation sites is 2. The van der Waals surface area contributed by atoms with Crippen molar-refractivity contribution in [1.82, 2.24) is 5.32 Å². The van der Waals surface area contributed by atoms with Gasteiger partial charge in [-0.05, 0) is 38.3 Å². The zero-order valence-corrected chi connectivity index (χ0v) is 14.6. The van der Waals surface area contributed by atoms with Crippen LogP contribution in [0, 0.1) is 5.92 Å². The number of hydrogen-bond acceptors (Lipinski definition) is 4. The van der Waals surface area contributed by atoms with Gasteiger partial charge < -0.3 is 20.5 Å². The minimum atomic E-state index is -0.127. The van der Waals surface area contributed by atoms with Crippen molar-refractivity contribution >= 4 is 18.3 Å². The highest BCUT2D eigenvalue weighted by molar-refractivity contribution is 5.85. The third-order valence-corrected chi connectivity index (χ3v) is 4.05. The summed E-state index contributed by atoms with van der Waals surface area (Å²) in [6.45, 7) is 2.40. The predicted octanol–water partition coefficient (Wildman–Crippen LogP) is 2.52. The van der Waals surface area contributed by atoms with Gasteiger partial charge in [-0.25, -0.2) is 0 Å². The molecule has 1 aromatic rings. The minimum absolute atomic E-state index is 0. The van der Waals surface area contributed by atoms with E-state index in [-0.39, 0.29) is 36.4 Å². The Kier molecular flexibility index (Phi) is 8.20. The summed E-state index contributed by atoms with van der Waals surface area (Å²) in [4.78, 5) is 12.2. The molecule has 3 unspecified atom stereocenters. The number of ether oxygens (including phenoxy) is 2. The highest BCUT2D eigenvalue weighted by Gasteiger charge is 2.25. The van der Waals surface area contributed by atoms with Crippen LogP contribution in [-0.4, -0.2) is 31.7 Å². The molecule has 0 radical (unpaired) electrons. The van der Waals surface area contributed by atoms with E-state index in [1.807, 2.05) is 31.2 Å². The molecular weight excluding hydrogens is 316 g/mol. The van der Waals surface area contributed by atoms with E-state index in [4.69, 9.17) is 15.2 Å². The maximum Gasteiger partial charge on any atom is 0.223 e. The average molecular weight is 343 g/mol. The van der Waals surface area contributed by atoms with Crippen LogP contribution in [0.2, 0.25) is 0 Å². The summed E-state index contributed by atoms with van der Waals surface area (Å²) in [7, 11) is 1.61. The molecule has 1 fully saturated rings. The number of nitrogens with two attached hydrogens (primary N) is 1. The molecule has 1 aliphatic rings. The molecule has 130 valence electrons. The highest BCUT2D eigenvalue weighted by Crippen LogP contribution is 2.27. The third kappa shape index (κ3) is 5.92.